The van der Waals surface area contributed by atoms with Gasteiger partial charge in [0.1, 0.15) is 0 Å². The van der Waals surface area contributed by atoms with E-state index < -0.39 is 16.1 Å². The molecule has 0 atom stereocenters. The summed E-state index contributed by atoms with van der Waals surface area (Å²) in [5.74, 6) is 0. The quantitative estimate of drug-likeness (QED) is 0.105. The van der Waals surface area contributed by atoms with E-state index in [1.54, 1.807) is 0 Å². The Balaban J connectivity index is 0.000000413. The molecule has 2 fully saturated rings. The van der Waals surface area contributed by atoms with Crippen molar-refractivity contribution in [1.82, 2.24) is 0 Å². The van der Waals surface area contributed by atoms with Gasteiger partial charge in [0.05, 0.1) is 16.1 Å². The molecule has 0 aliphatic heterocycles. The Bertz CT molecular complexity index is 2120. The van der Waals surface area contributed by atoms with Crippen LogP contribution in [0.25, 0.3) is 43.8 Å². The average molecular weight is 1050 g/mol. The third-order valence-electron chi connectivity index (χ3n) is 14.6. The third-order valence-corrected chi connectivity index (χ3v) is 18.8. The Morgan fingerprint density at radius 1 is 0.455 bits per heavy atom. The first-order chi connectivity index (χ1) is 29.7. The van der Waals surface area contributed by atoms with Gasteiger partial charge in [0.15, 0.2) is 0 Å². The van der Waals surface area contributed by atoms with Crippen molar-refractivity contribution >= 4 is 79.8 Å². The molecule has 360 valence electrons. The van der Waals surface area contributed by atoms with Crippen LogP contribution >= 0.6 is 24.8 Å². The minimum absolute atomic E-state index is 0. The molecule has 0 saturated heterocycles. The maximum atomic E-state index is 3.06. The molecule has 0 unspecified atom stereocenters. The van der Waals surface area contributed by atoms with Crippen LogP contribution in [0.5, 0.6) is 0 Å². The number of hydrogen-bond acceptors (Lipinski definition) is 0. The van der Waals surface area contributed by atoms with Crippen molar-refractivity contribution in [1.29, 1.82) is 0 Å². The molecule has 0 spiro atoms. The molecule has 66 heavy (non-hydrogen) atoms. The van der Waals surface area contributed by atoms with Gasteiger partial charge in [-0.25, -0.2) is 0 Å². The van der Waals surface area contributed by atoms with Gasteiger partial charge in [-0.2, -0.15) is 12.1 Å². The fourth-order valence-corrected chi connectivity index (χ4v) is 13.1. The summed E-state index contributed by atoms with van der Waals surface area (Å²) >= 11 is 1.36. The van der Waals surface area contributed by atoms with E-state index in [-0.39, 0.29) is 39.7 Å². The van der Waals surface area contributed by atoms with Gasteiger partial charge in [-0.05, 0) is 60.5 Å². The van der Waals surface area contributed by atoms with E-state index in [4.69, 9.17) is 0 Å². The Kier molecular flexibility index (Phi) is 25.2. The van der Waals surface area contributed by atoms with Crippen molar-refractivity contribution in [3.05, 3.63) is 135 Å². The van der Waals surface area contributed by atoms with E-state index in [0.29, 0.717) is 10.8 Å². The third kappa shape index (κ3) is 16.7. The number of benzene rings is 4. The zero-order valence-corrected chi connectivity index (χ0v) is 50.0. The fraction of sp³-hybridized carbons (Fsp3) is 0.467. The first-order valence-corrected chi connectivity index (χ1v) is 35.7. The molecule has 8 rings (SSSR count). The molecule has 2 saturated carbocycles. The predicted molar refractivity (Wildman–Crippen MR) is 306 cm³/mol. The van der Waals surface area contributed by atoms with E-state index in [1.807, 2.05) is 0 Å². The fourth-order valence-electron chi connectivity index (χ4n) is 10.8. The number of hydrogen-bond donors (Lipinski definition) is 0. The van der Waals surface area contributed by atoms with Gasteiger partial charge in [0.2, 0.25) is 0 Å². The summed E-state index contributed by atoms with van der Waals surface area (Å²) in [7, 11) is -2.50. The van der Waals surface area contributed by atoms with Gasteiger partial charge in [-0.3, -0.25) is 0 Å². The van der Waals surface area contributed by atoms with Gasteiger partial charge in [0, 0.05) is 0 Å². The number of rotatable bonds is 8. The van der Waals surface area contributed by atoms with Crippen molar-refractivity contribution in [2.75, 3.05) is 0 Å². The van der Waals surface area contributed by atoms with E-state index in [9.17, 15) is 0 Å². The molecule has 2 aliphatic rings. The normalized spacial score (nSPS) is 16.4. The Labute approximate surface area is 436 Å². The van der Waals surface area contributed by atoms with Crippen LogP contribution in [0.2, 0.25) is 39.3 Å². The van der Waals surface area contributed by atoms with Gasteiger partial charge in [0.25, 0.3) is 0 Å². The molecule has 0 aromatic heterocycles. The molecule has 2 aliphatic carbocycles. The second-order valence-electron chi connectivity index (χ2n) is 22.2. The average Bonchev–Trinajstić information content (AvgIpc) is 3.90. The van der Waals surface area contributed by atoms with Gasteiger partial charge >= 0.3 is 30.2 Å². The zero-order valence-electron chi connectivity index (χ0n) is 42.9. The Morgan fingerprint density at radius 3 is 1.03 bits per heavy atom. The summed E-state index contributed by atoms with van der Waals surface area (Å²) < 4.78 is 0. The van der Waals surface area contributed by atoms with Gasteiger partial charge < -0.3 is 14.9 Å². The molecular formula is C60H86Cl2Si3Zr-4. The number of halogens is 2. The standard InChI is InChI=1S/2C29H39Si.2CH3.2ClH.Si.Zr/c2*1-29(18-9-7-5-6-8-10-19-29)22-23-20-25-12-11-13-27(28(25)21-23)24-14-16-26(17-15-24)30(2,3)4;;;;;;/h2*11-17,20-21H,5-10,18-19,22H2,1-4H3;2*1H3;2*1H;;/q4*-1;;;;. The molecule has 0 nitrogen and oxygen atoms in total. The van der Waals surface area contributed by atoms with Crippen LogP contribution in [-0.4, -0.2) is 23.0 Å². The van der Waals surface area contributed by atoms with Crippen LogP contribution in [0.15, 0.2) is 109 Å². The predicted octanol–water partition coefficient (Wildman–Crippen LogP) is 18.3. The van der Waals surface area contributed by atoms with Crippen LogP contribution in [0.1, 0.15) is 128 Å². The second kappa shape index (κ2) is 27.6. The first-order valence-electron chi connectivity index (χ1n) is 24.5. The van der Waals surface area contributed by atoms with Crippen molar-refractivity contribution < 1.29 is 23.3 Å². The van der Waals surface area contributed by atoms with Crippen LogP contribution in [-0.2, 0) is 36.2 Å². The minimum atomic E-state index is -1.25. The summed E-state index contributed by atoms with van der Waals surface area (Å²) in [5.41, 5.74) is 9.50. The Hall–Kier alpha value is -1.79. The van der Waals surface area contributed by atoms with Gasteiger partial charge in [-0.1, -0.05) is 212 Å². The summed E-state index contributed by atoms with van der Waals surface area (Å²) in [4.78, 5) is 0. The molecular weight excluding hydrogens is 967 g/mol. The van der Waals surface area contributed by atoms with E-state index in [1.165, 1.54) is 204 Å². The van der Waals surface area contributed by atoms with Crippen LogP contribution in [0, 0.1) is 25.7 Å². The van der Waals surface area contributed by atoms with Crippen LogP contribution in [0.3, 0.4) is 0 Å². The SMILES string of the molecule is CC1(Cc2cc3c(-c4ccc([Si](C)(C)C)cc4)cccc3[cH-]2)CCCCCCCC1.CC1(Cc2cc3c(-c4ccc([Si](C)(C)C)cc4)cccc3[cH-]2)CCCCCCCC1.Cl.Cl.[CH3-].[CH3-].[Si]=[Zr]. The first kappa shape index (κ1) is 60.3. The van der Waals surface area contributed by atoms with Crippen LogP contribution < -0.4 is 10.4 Å². The molecule has 6 aromatic carbocycles. The van der Waals surface area contributed by atoms with E-state index >= 15 is 0 Å². The van der Waals surface area contributed by atoms with Crippen molar-refractivity contribution in [2.45, 2.75) is 169 Å². The van der Waals surface area contributed by atoms with Gasteiger partial charge in [-0.15, -0.1) is 93.9 Å². The maximum absolute atomic E-state index is 3.06. The molecule has 0 bridgehead atoms. The summed E-state index contributed by atoms with van der Waals surface area (Å²) in [6.45, 7) is 22.7. The molecule has 0 heterocycles. The monoisotopic (exact) mass is 1050 g/mol. The molecule has 2 radical (unpaired) electrons. The van der Waals surface area contributed by atoms with Crippen molar-refractivity contribution in [3.8, 4) is 22.3 Å². The van der Waals surface area contributed by atoms with Crippen molar-refractivity contribution in [3.63, 3.8) is 0 Å². The molecule has 0 amide bonds. The molecule has 0 N–H and O–H groups in total. The Morgan fingerprint density at radius 2 is 0.742 bits per heavy atom. The summed E-state index contributed by atoms with van der Waals surface area (Å²) in [6.07, 6.45) is 25.1. The second-order valence-corrected chi connectivity index (χ2v) is 32.4. The van der Waals surface area contributed by atoms with Crippen LogP contribution in [0.4, 0.5) is 0 Å². The van der Waals surface area contributed by atoms with Crippen molar-refractivity contribution in [2.24, 2.45) is 10.8 Å². The number of fused-ring (bicyclic) bond motifs is 2. The van der Waals surface area contributed by atoms with E-state index in [2.05, 4.69) is 169 Å². The topological polar surface area (TPSA) is 0 Å². The summed E-state index contributed by atoms with van der Waals surface area (Å²) in [5, 5.41) is 8.75. The van der Waals surface area contributed by atoms with E-state index in [0.717, 1.165) is 0 Å². The molecule has 6 heteroatoms. The zero-order chi connectivity index (χ0) is 44.4. The summed E-state index contributed by atoms with van der Waals surface area (Å²) in [6, 6.07) is 42.4. The molecule has 6 aromatic rings.